The molecule has 0 heterocycles. The number of aliphatic carboxylic acids is 1. The van der Waals surface area contributed by atoms with Crippen molar-refractivity contribution in [1.82, 2.24) is 0 Å². The van der Waals surface area contributed by atoms with Crippen LogP contribution in [0.2, 0.25) is 0 Å². The minimum Gasteiger partial charge on any atom is -0.544 e. The Bertz CT molecular complexity index is 158. The SMILES string of the molecule is C[N+](C)(C)CC(=O)[O-].O=[N+]([O-])O. The first kappa shape index (κ1) is 13.2. The van der Waals surface area contributed by atoms with Crippen LogP contribution in [0.4, 0.5) is 0 Å². The summed E-state index contributed by atoms with van der Waals surface area (Å²) in [5.41, 5.74) is 0. The third kappa shape index (κ3) is 38.1. The van der Waals surface area contributed by atoms with E-state index in [1.165, 1.54) is 0 Å². The van der Waals surface area contributed by atoms with Crippen molar-refractivity contribution in [3.05, 3.63) is 10.1 Å². The average Bonchev–Trinajstić information content (AvgIpc) is 1.52. The number of carbonyl (C=O) groups is 1. The highest BCUT2D eigenvalue weighted by molar-refractivity contribution is 5.65. The van der Waals surface area contributed by atoms with Gasteiger partial charge < -0.3 is 19.6 Å². The lowest BCUT2D eigenvalue weighted by atomic mass is 10.5. The van der Waals surface area contributed by atoms with Gasteiger partial charge in [-0.1, -0.05) is 0 Å². The van der Waals surface area contributed by atoms with Gasteiger partial charge in [-0.05, 0) is 0 Å². The molecule has 0 aliphatic heterocycles. The topological polar surface area (TPSA) is 104 Å². The zero-order valence-electron chi connectivity index (χ0n) is 7.18. The summed E-state index contributed by atoms with van der Waals surface area (Å²) in [6.07, 6.45) is 0. The zero-order chi connectivity index (χ0) is 10.4. The summed E-state index contributed by atoms with van der Waals surface area (Å²) in [4.78, 5) is 18.2. The molecule has 0 aromatic heterocycles. The molecule has 12 heavy (non-hydrogen) atoms. The third-order valence-electron chi connectivity index (χ3n) is 0.603. The Balaban J connectivity index is 0. The van der Waals surface area contributed by atoms with Crippen molar-refractivity contribution in [2.75, 3.05) is 27.7 Å². The molecule has 7 nitrogen and oxygen atoms in total. The molecule has 0 spiro atoms. The first-order valence-electron chi connectivity index (χ1n) is 2.98. The summed E-state index contributed by atoms with van der Waals surface area (Å²) < 4.78 is 0.419. The maximum Gasteiger partial charge on any atom is 0.291 e. The molecule has 0 amide bonds. The van der Waals surface area contributed by atoms with E-state index in [1.807, 2.05) is 0 Å². The number of carboxylic acids is 1. The number of hydrogen-bond acceptors (Lipinski definition) is 4. The van der Waals surface area contributed by atoms with Crippen LogP contribution in [-0.2, 0) is 4.79 Å². The largest absolute Gasteiger partial charge is 0.544 e. The smallest absolute Gasteiger partial charge is 0.291 e. The second kappa shape index (κ2) is 5.30. The van der Waals surface area contributed by atoms with E-state index in [4.69, 9.17) is 15.3 Å². The van der Waals surface area contributed by atoms with Gasteiger partial charge in [0.05, 0.1) is 27.1 Å². The molecule has 0 aliphatic carbocycles. The molecule has 0 saturated heterocycles. The molecule has 0 atom stereocenters. The number of carbonyl (C=O) groups excluding carboxylic acids is 1. The summed E-state index contributed by atoms with van der Waals surface area (Å²) in [7, 11) is 5.40. The van der Waals surface area contributed by atoms with E-state index < -0.39 is 11.1 Å². The lowest BCUT2D eigenvalue weighted by Crippen LogP contribution is -2.45. The Morgan fingerprint density at radius 2 is 1.75 bits per heavy atom. The molecule has 0 radical (unpaired) electrons. The second-order valence-electron chi connectivity index (χ2n) is 3.06. The highest BCUT2D eigenvalue weighted by atomic mass is 16.9. The molecule has 0 bridgehead atoms. The highest BCUT2D eigenvalue weighted by Crippen LogP contribution is 1.84. The van der Waals surface area contributed by atoms with Gasteiger partial charge in [0.2, 0.25) is 0 Å². The standard InChI is InChI=1S/C5H11NO2.HNO3/c1-6(2,3)4-5(7)8;2-1(3)4/h4H2,1-3H3;(H,2,3,4). The van der Waals surface area contributed by atoms with Gasteiger partial charge in [-0.25, -0.2) is 0 Å². The minimum atomic E-state index is -1.50. The van der Waals surface area contributed by atoms with Crippen LogP contribution in [-0.4, -0.2) is 48.4 Å². The lowest BCUT2D eigenvalue weighted by molar-refractivity contribution is -0.864. The fourth-order valence-corrected chi connectivity index (χ4v) is 0.387. The van der Waals surface area contributed by atoms with E-state index in [0.29, 0.717) is 4.48 Å². The number of quaternary nitrogens is 1. The van der Waals surface area contributed by atoms with Gasteiger partial charge in [-0.3, -0.25) is 0 Å². The van der Waals surface area contributed by atoms with E-state index in [-0.39, 0.29) is 6.54 Å². The Kier molecular flexibility index (Phi) is 5.85. The molecular formula is C5H12N2O5. The molecule has 0 aromatic carbocycles. The Labute approximate surface area is 69.5 Å². The average molecular weight is 180 g/mol. The van der Waals surface area contributed by atoms with Crippen LogP contribution in [0.3, 0.4) is 0 Å². The van der Waals surface area contributed by atoms with Crippen molar-refractivity contribution in [2.24, 2.45) is 0 Å². The Hall–Kier alpha value is -1.37. The second-order valence-corrected chi connectivity index (χ2v) is 3.06. The monoisotopic (exact) mass is 180 g/mol. The Morgan fingerprint density at radius 3 is 1.75 bits per heavy atom. The third-order valence-corrected chi connectivity index (χ3v) is 0.603. The predicted molar refractivity (Wildman–Crippen MR) is 36.7 cm³/mol. The quantitative estimate of drug-likeness (QED) is 0.303. The van der Waals surface area contributed by atoms with Crippen molar-refractivity contribution >= 4 is 5.97 Å². The van der Waals surface area contributed by atoms with E-state index in [1.54, 1.807) is 21.1 Å². The molecule has 72 valence electrons. The fourth-order valence-electron chi connectivity index (χ4n) is 0.387. The van der Waals surface area contributed by atoms with Crippen LogP contribution < -0.4 is 5.11 Å². The lowest BCUT2D eigenvalue weighted by Gasteiger charge is -2.23. The number of carboxylic acid groups (broad SMARTS) is 1. The Morgan fingerprint density at radius 1 is 1.50 bits per heavy atom. The fraction of sp³-hybridized carbons (Fsp3) is 0.800. The van der Waals surface area contributed by atoms with Crippen molar-refractivity contribution in [1.29, 1.82) is 0 Å². The van der Waals surface area contributed by atoms with Gasteiger partial charge in [0, 0.05) is 0 Å². The van der Waals surface area contributed by atoms with Crippen molar-refractivity contribution in [2.45, 2.75) is 0 Å². The zero-order valence-corrected chi connectivity index (χ0v) is 7.18. The van der Waals surface area contributed by atoms with Gasteiger partial charge in [0.15, 0.2) is 0 Å². The summed E-state index contributed by atoms with van der Waals surface area (Å²) in [6.45, 7) is 0.0694. The molecule has 0 fully saturated rings. The molecule has 0 saturated carbocycles. The number of hydrogen-bond donors (Lipinski definition) is 1. The maximum absolute atomic E-state index is 9.89. The van der Waals surface area contributed by atoms with Crippen LogP contribution >= 0.6 is 0 Å². The van der Waals surface area contributed by atoms with Gasteiger partial charge in [0.1, 0.15) is 6.54 Å². The summed E-state index contributed by atoms with van der Waals surface area (Å²) in [5.74, 6) is -1.00. The van der Waals surface area contributed by atoms with Crippen LogP contribution in [0, 0.1) is 10.1 Å². The van der Waals surface area contributed by atoms with Gasteiger partial charge in [-0.2, -0.15) is 0 Å². The number of nitrogens with zero attached hydrogens (tertiary/aromatic N) is 2. The maximum atomic E-state index is 9.89. The summed E-state index contributed by atoms with van der Waals surface area (Å²) in [5, 5.41) is 23.5. The van der Waals surface area contributed by atoms with Crippen LogP contribution in [0.25, 0.3) is 0 Å². The van der Waals surface area contributed by atoms with E-state index in [9.17, 15) is 9.90 Å². The number of likely N-dealkylation sites (N-methyl/N-ethyl adjacent to an activating group) is 1. The van der Waals surface area contributed by atoms with E-state index in [0.717, 1.165) is 0 Å². The number of rotatable bonds is 2. The first-order chi connectivity index (χ1) is 5.15. The molecule has 0 rings (SSSR count). The minimum absolute atomic E-state index is 0.0694. The summed E-state index contributed by atoms with van der Waals surface area (Å²) >= 11 is 0. The molecule has 1 N–H and O–H groups in total. The predicted octanol–water partition coefficient (Wildman–Crippen LogP) is -1.91. The normalized spacial score (nSPS) is 9.58. The molecule has 0 aliphatic rings. The van der Waals surface area contributed by atoms with E-state index in [2.05, 4.69) is 0 Å². The first-order valence-corrected chi connectivity index (χ1v) is 2.98. The van der Waals surface area contributed by atoms with Crippen molar-refractivity contribution in [3.8, 4) is 0 Å². The van der Waals surface area contributed by atoms with Gasteiger partial charge in [0.25, 0.3) is 5.09 Å². The van der Waals surface area contributed by atoms with Gasteiger partial charge in [-0.15, -0.1) is 10.1 Å². The van der Waals surface area contributed by atoms with Gasteiger partial charge >= 0.3 is 0 Å². The highest BCUT2D eigenvalue weighted by Gasteiger charge is 2.04. The summed E-state index contributed by atoms with van der Waals surface area (Å²) in [6, 6.07) is 0. The van der Waals surface area contributed by atoms with Crippen molar-refractivity contribution < 1.29 is 24.7 Å². The molecule has 7 heteroatoms. The van der Waals surface area contributed by atoms with Crippen molar-refractivity contribution in [3.63, 3.8) is 0 Å². The molecule has 0 unspecified atom stereocenters. The van der Waals surface area contributed by atoms with Crippen LogP contribution in [0.1, 0.15) is 0 Å². The van der Waals surface area contributed by atoms with Crippen LogP contribution in [0.15, 0.2) is 0 Å². The molecular weight excluding hydrogens is 168 g/mol. The molecule has 0 aromatic rings. The van der Waals surface area contributed by atoms with E-state index >= 15 is 0 Å². The van der Waals surface area contributed by atoms with Crippen LogP contribution in [0.5, 0.6) is 0 Å².